The molecule has 0 radical (unpaired) electrons. The number of rotatable bonds is 15. The molecule has 30 nitrogen and oxygen atoms in total. The molecule has 6 aliphatic rings. The van der Waals surface area contributed by atoms with Gasteiger partial charge in [-0.3, -0.25) is 4.79 Å². The molecule has 0 saturated carbocycles. The Morgan fingerprint density at radius 3 is 1.24 bits per heavy atom. The molecule has 2 unspecified atom stereocenters. The Labute approximate surface area is 386 Å². The zero-order valence-corrected chi connectivity index (χ0v) is 36.7. The molecule has 0 spiro atoms. The third-order valence-corrected chi connectivity index (χ3v) is 12.8. The second kappa shape index (κ2) is 23.5. The number of hydrogen-bond acceptors (Lipinski definition) is 29. The number of aliphatic hydroxyl groups is 17. The monoisotopic (exact) mass is 999 g/mol. The fourth-order valence-corrected chi connectivity index (χ4v) is 8.79. The van der Waals surface area contributed by atoms with Crippen molar-refractivity contribution in [3.8, 4) is 0 Å². The second-order valence-corrected chi connectivity index (χ2v) is 17.5. The van der Waals surface area contributed by atoms with Crippen LogP contribution >= 0.6 is 0 Å². The van der Waals surface area contributed by atoms with Crippen molar-refractivity contribution >= 4 is 5.91 Å². The SMILES string of the molecule is CC(=O)N[C@H]1[C@H](O[C@H]2[C@@H](O)[C@@H](CO)O[C@@H](O[C@H]3[C@H](O[C@@H]4O[C@@H](C)[C@@H](O)[C@@H](O)[C@@H]4O)[C@@H](O)C(O)O[C@@H]3CO)[C@@H]2O)O[C@H](CO)[C@@H](O[C@@H]2O[C@@H](C)[C@@H](O)[C@@H](O)[C@@H]2O)[C@@H]1OC1O[C@H](CO)[C@H](O)[C@H](O)[C@H]1O. The Morgan fingerprint density at radius 1 is 0.382 bits per heavy atom. The molecule has 6 fully saturated rings. The van der Waals surface area contributed by atoms with Crippen LogP contribution in [0.4, 0.5) is 0 Å². The molecule has 0 aromatic heterocycles. The molecular formula is C38H65NO29. The molecule has 6 heterocycles. The van der Waals surface area contributed by atoms with E-state index in [2.05, 4.69) is 5.32 Å². The topological polar surface area (TPSA) is 475 Å². The van der Waals surface area contributed by atoms with Gasteiger partial charge in [-0.1, -0.05) is 0 Å². The highest BCUT2D eigenvalue weighted by Crippen LogP contribution is 2.38. The normalized spacial score (nSPS) is 52.6. The molecule has 0 aliphatic carbocycles. The van der Waals surface area contributed by atoms with E-state index in [0.717, 1.165) is 6.92 Å². The van der Waals surface area contributed by atoms with Gasteiger partial charge in [-0.05, 0) is 13.8 Å². The number of carbonyl (C=O) groups is 1. The smallest absolute Gasteiger partial charge is 0.217 e. The molecular weight excluding hydrogens is 934 g/mol. The zero-order valence-electron chi connectivity index (χ0n) is 36.7. The summed E-state index contributed by atoms with van der Waals surface area (Å²) in [5.74, 6) is -0.873. The van der Waals surface area contributed by atoms with E-state index in [4.69, 9.17) is 52.1 Å². The Bertz CT molecular complexity index is 1590. The summed E-state index contributed by atoms with van der Waals surface area (Å²) in [7, 11) is 0. The highest BCUT2D eigenvalue weighted by atomic mass is 16.8. The molecule has 30 atom stereocenters. The summed E-state index contributed by atoms with van der Waals surface area (Å²) in [6.45, 7) is -0.333. The number of amides is 1. The summed E-state index contributed by atoms with van der Waals surface area (Å²) in [5, 5.41) is 184. The molecule has 6 saturated heterocycles. The van der Waals surface area contributed by atoms with E-state index in [0.29, 0.717) is 0 Å². The van der Waals surface area contributed by atoms with Crippen molar-refractivity contribution in [2.24, 2.45) is 0 Å². The molecule has 0 aromatic rings. The lowest BCUT2D eigenvalue weighted by molar-refractivity contribution is -0.397. The van der Waals surface area contributed by atoms with E-state index in [1.807, 2.05) is 0 Å². The molecule has 68 heavy (non-hydrogen) atoms. The standard InChI is InChI=1S/C38H65NO29/c1-8-16(45)20(49)23(52)35(58-8)64-28-14(7-43)63-34(15(39-10(3)44)30(28)66-37-25(54)22(51)18(47)11(4-40)61-37)67-31-19(48)12(5-41)62-38(27(31)56)65-29-13(6-42)60-33(57)26(55)32(29)68-36-24(53)21(50)17(46)9(2)59-36/h8-9,11-38,40-43,45-57H,4-7H2,1-3H3,(H,39,44)/t8-,9-,11+,12+,13+,14+,15+,16+,17+,18-,19-,20+,21+,22-,23-,24-,25+,26+,27+,28+,29+,30+,31-,32+,33?,34-,35-,36-,37?,38-/m0/s1. The van der Waals surface area contributed by atoms with Crippen molar-refractivity contribution in [3.63, 3.8) is 0 Å². The lowest BCUT2D eigenvalue weighted by Crippen LogP contribution is -2.71. The average molecular weight is 1000 g/mol. The maximum Gasteiger partial charge on any atom is 0.217 e. The Balaban J connectivity index is 1.33. The minimum Gasteiger partial charge on any atom is -0.394 e. The van der Waals surface area contributed by atoms with Crippen LogP contribution in [0.3, 0.4) is 0 Å². The van der Waals surface area contributed by atoms with E-state index >= 15 is 0 Å². The van der Waals surface area contributed by atoms with Gasteiger partial charge in [0.2, 0.25) is 5.91 Å². The second-order valence-electron chi connectivity index (χ2n) is 17.5. The van der Waals surface area contributed by atoms with Crippen molar-refractivity contribution in [1.82, 2.24) is 5.32 Å². The van der Waals surface area contributed by atoms with Crippen LogP contribution in [0.15, 0.2) is 0 Å². The molecule has 18 N–H and O–H groups in total. The Morgan fingerprint density at radius 2 is 0.750 bits per heavy atom. The van der Waals surface area contributed by atoms with Gasteiger partial charge in [0.15, 0.2) is 37.7 Å². The summed E-state index contributed by atoms with van der Waals surface area (Å²) >= 11 is 0. The van der Waals surface area contributed by atoms with Gasteiger partial charge in [0.1, 0.15) is 134 Å². The summed E-state index contributed by atoms with van der Waals surface area (Å²) in [6.07, 6.45) is -53.6. The first-order valence-corrected chi connectivity index (χ1v) is 21.8. The summed E-state index contributed by atoms with van der Waals surface area (Å²) in [4.78, 5) is 12.9. The van der Waals surface area contributed by atoms with Crippen LogP contribution in [0.5, 0.6) is 0 Å². The summed E-state index contributed by atoms with van der Waals surface area (Å²) in [6, 6.07) is -1.81. The predicted molar refractivity (Wildman–Crippen MR) is 208 cm³/mol. The van der Waals surface area contributed by atoms with Crippen LogP contribution in [0, 0.1) is 0 Å². The van der Waals surface area contributed by atoms with E-state index in [1.54, 1.807) is 0 Å². The molecule has 6 rings (SSSR count). The minimum atomic E-state index is -2.24. The molecule has 1 amide bonds. The van der Waals surface area contributed by atoms with E-state index in [1.165, 1.54) is 13.8 Å². The van der Waals surface area contributed by atoms with Crippen LogP contribution < -0.4 is 5.32 Å². The number of nitrogens with one attached hydrogen (secondary N) is 1. The van der Waals surface area contributed by atoms with Crippen LogP contribution in [0.1, 0.15) is 20.8 Å². The van der Waals surface area contributed by atoms with Crippen molar-refractivity contribution in [1.29, 1.82) is 0 Å². The summed E-state index contributed by atoms with van der Waals surface area (Å²) in [5.41, 5.74) is 0. The van der Waals surface area contributed by atoms with E-state index in [9.17, 15) is 91.6 Å². The first kappa shape index (κ1) is 55.7. The lowest BCUT2D eigenvalue weighted by Gasteiger charge is -2.52. The van der Waals surface area contributed by atoms with Gasteiger partial charge >= 0.3 is 0 Å². The number of ether oxygens (including phenoxy) is 11. The van der Waals surface area contributed by atoms with Gasteiger partial charge in [-0.15, -0.1) is 0 Å². The first-order chi connectivity index (χ1) is 32.1. The predicted octanol–water partition coefficient (Wildman–Crippen LogP) is -11.9. The van der Waals surface area contributed by atoms with Gasteiger partial charge in [0, 0.05) is 6.92 Å². The summed E-state index contributed by atoms with van der Waals surface area (Å²) < 4.78 is 63.6. The van der Waals surface area contributed by atoms with Crippen molar-refractivity contribution < 1.29 is 144 Å². The molecule has 6 aliphatic heterocycles. The quantitative estimate of drug-likeness (QED) is 0.0724. The molecule has 0 bridgehead atoms. The van der Waals surface area contributed by atoms with E-state index in [-0.39, 0.29) is 0 Å². The van der Waals surface area contributed by atoms with Gasteiger partial charge < -0.3 is 144 Å². The van der Waals surface area contributed by atoms with Gasteiger partial charge in [-0.2, -0.15) is 0 Å². The van der Waals surface area contributed by atoms with Crippen LogP contribution in [0.25, 0.3) is 0 Å². The molecule has 0 aromatic carbocycles. The van der Waals surface area contributed by atoms with Crippen LogP contribution in [0.2, 0.25) is 0 Å². The van der Waals surface area contributed by atoms with Gasteiger partial charge in [-0.25, -0.2) is 0 Å². The van der Waals surface area contributed by atoms with Crippen molar-refractivity contribution in [3.05, 3.63) is 0 Å². The largest absolute Gasteiger partial charge is 0.394 e. The zero-order chi connectivity index (χ0) is 50.2. The van der Waals surface area contributed by atoms with Crippen molar-refractivity contribution in [2.75, 3.05) is 26.4 Å². The van der Waals surface area contributed by atoms with Gasteiger partial charge in [0.25, 0.3) is 0 Å². The first-order valence-electron chi connectivity index (χ1n) is 21.8. The van der Waals surface area contributed by atoms with E-state index < -0.39 is 217 Å². The van der Waals surface area contributed by atoms with Crippen LogP contribution in [-0.4, -0.2) is 303 Å². The number of aliphatic hydroxyl groups excluding tert-OH is 17. The highest BCUT2D eigenvalue weighted by Gasteiger charge is 2.58. The maximum absolute atomic E-state index is 12.9. The Kier molecular flexibility index (Phi) is 19.2. The average Bonchev–Trinajstić information content (AvgIpc) is 3.31. The number of hydrogen-bond donors (Lipinski definition) is 18. The highest BCUT2D eigenvalue weighted by molar-refractivity contribution is 5.73. The Hall–Kier alpha value is -1.65. The van der Waals surface area contributed by atoms with Crippen molar-refractivity contribution in [2.45, 2.75) is 205 Å². The molecule has 396 valence electrons. The third kappa shape index (κ3) is 11.4. The number of carbonyl (C=O) groups excluding carboxylic acids is 1. The van der Waals surface area contributed by atoms with Crippen LogP contribution in [-0.2, 0) is 56.9 Å². The fraction of sp³-hybridized carbons (Fsp3) is 0.974. The minimum absolute atomic E-state index is 0.873. The molecule has 30 heteroatoms. The lowest BCUT2D eigenvalue weighted by atomic mass is 9.93. The van der Waals surface area contributed by atoms with Gasteiger partial charge in [0.05, 0.1) is 38.6 Å². The third-order valence-electron chi connectivity index (χ3n) is 12.8. The fourth-order valence-electron chi connectivity index (χ4n) is 8.79. The maximum atomic E-state index is 12.9.